The van der Waals surface area contributed by atoms with Gasteiger partial charge in [-0.25, -0.2) is 0 Å². The van der Waals surface area contributed by atoms with Gasteiger partial charge in [0.25, 0.3) is 0 Å². The molecule has 0 saturated carbocycles. The minimum atomic E-state index is 0.144. The first-order valence-electron chi connectivity index (χ1n) is 4.14. The number of hydrogen-bond donors (Lipinski definition) is 2. The first-order chi connectivity index (χ1) is 5.92. The van der Waals surface area contributed by atoms with Crippen LogP contribution in [0.3, 0.4) is 0 Å². The van der Waals surface area contributed by atoms with Crippen molar-refractivity contribution in [2.45, 2.75) is 19.5 Å². The normalized spacial score (nSPS) is 16.1. The van der Waals surface area contributed by atoms with E-state index in [1.165, 1.54) is 0 Å². The summed E-state index contributed by atoms with van der Waals surface area (Å²) in [5, 5.41) is 20.0. The van der Waals surface area contributed by atoms with E-state index in [-0.39, 0.29) is 6.61 Å². The maximum absolute atomic E-state index is 8.74. The van der Waals surface area contributed by atoms with Gasteiger partial charge in [0.1, 0.15) is 11.6 Å². The lowest BCUT2D eigenvalue weighted by atomic mass is 10.3. The quantitative estimate of drug-likeness (QED) is 0.589. The van der Waals surface area contributed by atoms with Crippen molar-refractivity contribution in [2.24, 2.45) is 0 Å². The molecule has 0 saturated heterocycles. The second-order valence-electron chi connectivity index (χ2n) is 2.83. The molecule has 0 bridgehead atoms. The highest BCUT2D eigenvalue weighted by Crippen LogP contribution is 2.05. The molecule has 0 atom stereocenters. The van der Waals surface area contributed by atoms with E-state index in [4.69, 9.17) is 5.11 Å². The Balaban J connectivity index is 2.25. The van der Waals surface area contributed by atoms with Crippen LogP contribution in [0.1, 0.15) is 11.6 Å². The van der Waals surface area contributed by atoms with Gasteiger partial charge in [0.15, 0.2) is 0 Å². The zero-order chi connectivity index (χ0) is 8.39. The SMILES string of the molecule is OCCc1nnc2n1CCNC2. The third kappa shape index (κ3) is 1.21. The Kier molecular flexibility index (Phi) is 2.05. The fourth-order valence-corrected chi connectivity index (χ4v) is 1.44. The number of aromatic nitrogens is 3. The maximum Gasteiger partial charge on any atom is 0.147 e. The van der Waals surface area contributed by atoms with Gasteiger partial charge in [-0.3, -0.25) is 0 Å². The van der Waals surface area contributed by atoms with Crippen molar-refractivity contribution < 1.29 is 5.11 Å². The number of nitrogens with one attached hydrogen (secondary N) is 1. The lowest BCUT2D eigenvalue weighted by Crippen LogP contribution is -2.29. The third-order valence-corrected chi connectivity index (χ3v) is 2.03. The van der Waals surface area contributed by atoms with Crippen molar-refractivity contribution in [1.82, 2.24) is 20.1 Å². The Morgan fingerprint density at radius 2 is 2.42 bits per heavy atom. The molecule has 2 rings (SSSR count). The van der Waals surface area contributed by atoms with Gasteiger partial charge in [0.05, 0.1) is 13.2 Å². The van der Waals surface area contributed by atoms with E-state index in [9.17, 15) is 0 Å². The Labute approximate surface area is 70.4 Å². The second-order valence-corrected chi connectivity index (χ2v) is 2.83. The van der Waals surface area contributed by atoms with Crippen LogP contribution < -0.4 is 5.32 Å². The number of rotatable bonds is 2. The molecule has 0 aromatic carbocycles. The van der Waals surface area contributed by atoms with Gasteiger partial charge in [-0.15, -0.1) is 10.2 Å². The average Bonchev–Trinajstić information content (AvgIpc) is 2.50. The fourth-order valence-electron chi connectivity index (χ4n) is 1.44. The van der Waals surface area contributed by atoms with Gasteiger partial charge in [0, 0.05) is 19.5 Å². The van der Waals surface area contributed by atoms with Gasteiger partial charge in [0.2, 0.25) is 0 Å². The summed E-state index contributed by atoms with van der Waals surface area (Å²) in [4.78, 5) is 0. The van der Waals surface area contributed by atoms with Gasteiger partial charge >= 0.3 is 0 Å². The minimum Gasteiger partial charge on any atom is -0.396 e. The first kappa shape index (κ1) is 7.70. The average molecular weight is 168 g/mol. The lowest BCUT2D eigenvalue weighted by molar-refractivity contribution is 0.293. The highest BCUT2D eigenvalue weighted by molar-refractivity contribution is 4.98. The van der Waals surface area contributed by atoms with Crippen molar-refractivity contribution in [1.29, 1.82) is 0 Å². The summed E-state index contributed by atoms with van der Waals surface area (Å²) in [5.41, 5.74) is 0. The third-order valence-electron chi connectivity index (χ3n) is 2.03. The number of nitrogens with zero attached hydrogens (tertiary/aromatic N) is 3. The molecule has 0 unspecified atom stereocenters. The molecular weight excluding hydrogens is 156 g/mol. The zero-order valence-electron chi connectivity index (χ0n) is 6.82. The molecule has 0 fully saturated rings. The number of fused-ring (bicyclic) bond motifs is 1. The number of aliphatic hydroxyl groups excluding tert-OH is 1. The summed E-state index contributed by atoms with van der Waals surface area (Å²) >= 11 is 0. The molecule has 1 aromatic heterocycles. The van der Waals surface area contributed by atoms with Crippen LogP contribution in [0.4, 0.5) is 0 Å². The summed E-state index contributed by atoms with van der Waals surface area (Å²) in [7, 11) is 0. The zero-order valence-corrected chi connectivity index (χ0v) is 6.82. The van der Waals surface area contributed by atoms with Crippen LogP contribution in [0.15, 0.2) is 0 Å². The summed E-state index contributed by atoms with van der Waals surface area (Å²) < 4.78 is 2.08. The Morgan fingerprint density at radius 1 is 1.50 bits per heavy atom. The van der Waals surface area contributed by atoms with Crippen molar-refractivity contribution >= 4 is 0 Å². The molecule has 1 aliphatic heterocycles. The van der Waals surface area contributed by atoms with Gasteiger partial charge in [-0.1, -0.05) is 0 Å². The van der Waals surface area contributed by atoms with E-state index in [1.807, 2.05) is 0 Å². The molecule has 0 spiro atoms. The molecule has 5 nitrogen and oxygen atoms in total. The Bertz CT molecular complexity index is 270. The van der Waals surface area contributed by atoms with E-state index >= 15 is 0 Å². The summed E-state index contributed by atoms with van der Waals surface area (Å²) in [6, 6.07) is 0. The molecule has 2 N–H and O–H groups in total. The Morgan fingerprint density at radius 3 is 3.25 bits per heavy atom. The fraction of sp³-hybridized carbons (Fsp3) is 0.714. The van der Waals surface area contributed by atoms with Crippen molar-refractivity contribution in [2.75, 3.05) is 13.2 Å². The van der Waals surface area contributed by atoms with E-state index in [1.54, 1.807) is 0 Å². The molecule has 5 heteroatoms. The highest BCUT2D eigenvalue weighted by atomic mass is 16.3. The maximum atomic E-state index is 8.74. The van der Waals surface area contributed by atoms with Crippen molar-refractivity contribution in [3.8, 4) is 0 Å². The van der Waals surface area contributed by atoms with Crippen LogP contribution in [-0.4, -0.2) is 33.0 Å². The molecule has 1 aliphatic rings. The lowest BCUT2D eigenvalue weighted by Gasteiger charge is -2.15. The van der Waals surface area contributed by atoms with E-state index < -0.39 is 0 Å². The first-order valence-corrected chi connectivity index (χ1v) is 4.14. The molecule has 0 radical (unpaired) electrons. The summed E-state index contributed by atoms with van der Waals surface area (Å²) in [5.74, 6) is 1.87. The smallest absolute Gasteiger partial charge is 0.147 e. The Hall–Kier alpha value is -0.940. The predicted octanol–water partition coefficient (Wildman–Crippen LogP) is -1.08. The van der Waals surface area contributed by atoms with Crippen LogP contribution in [0.2, 0.25) is 0 Å². The standard InChI is InChI=1S/C7H12N4O/c12-4-1-6-9-10-7-5-8-2-3-11(6)7/h8,12H,1-5H2. The highest BCUT2D eigenvalue weighted by Gasteiger charge is 2.13. The van der Waals surface area contributed by atoms with E-state index in [2.05, 4.69) is 20.1 Å². The largest absolute Gasteiger partial charge is 0.396 e. The molecule has 1 aromatic rings. The molecular formula is C7H12N4O. The monoisotopic (exact) mass is 168 g/mol. The minimum absolute atomic E-state index is 0.144. The number of aliphatic hydroxyl groups is 1. The van der Waals surface area contributed by atoms with Crippen LogP contribution >= 0.6 is 0 Å². The topological polar surface area (TPSA) is 63.0 Å². The van der Waals surface area contributed by atoms with E-state index in [0.717, 1.165) is 31.3 Å². The molecule has 0 aliphatic carbocycles. The van der Waals surface area contributed by atoms with Crippen LogP contribution in [0.25, 0.3) is 0 Å². The molecule has 2 heterocycles. The second kappa shape index (κ2) is 3.20. The van der Waals surface area contributed by atoms with Gasteiger partial charge in [-0.05, 0) is 0 Å². The van der Waals surface area contributed by atoms with Crippen LogP contribution in [-0.2, 0) is 19.5 Å². The van der Waals surface area contributed by atoms with Crippen LogP contribution in [0.5, 0.6) is 0 Å². The van der Waals surface area contributed by atoms with Gasteiger partial charge in [-0.2, -0.15) is 0 Å². The summed E-state index contributed by atoms with van der Waals surface area (Å²) in [6.07, 6.45) is 0.604. The van der Waals surface area contributed by atoms with Crippen LogP contribution in [0, 0.1) is 0 Å². The van der Waals surface area contributed by atoms with Gasteiger partial charge < -0.3 is 15.0 Å². The summed E-state index contributed by atoms with van der Waals surface area (Å²) in [6.45, 7) is 2.81. The van der Waals surface area contributed by atoms with Crippen molar-refractivity contribution in [3.63, 3.8) is 0 Å². The van der Waals surface area contributed by atoms with E-state index in [0.29, 0.717) is 6.42 Å². The molecule has 0 amide bonds. The molecule has 66 valence electrons. The number of hydrogen-bond acceptors (Lipinski definition) is 4. The van der Waals surface area contributed by atoms with Crippen molar-refractivity contribution in [3.05, 3.63) is 11.6 Å². The predicted molar refractivity (Wildman–Crippen MR) is 42.5 cm³/mol. The molecule has 12 heavy (non-hydrogen) atoms.